The summed E-state index contributed by atoms with van der Waals surface area (Å²) in [7, 11) is 1.22. The predicted octanol–water partition coefficient (Wildman–Crippen LogP) is 2.59. The summed E-state index contributed by atoms with van der Waals surface area (Å²) < 4.78 is 9.92. The van der Waals surface area contributed by atoms with E-state index in [0.717, 1.165) is 12.8 Å². The van der Waals surface area contributed by atoms with Crippen LogP contribution in [0, 0.1) is 16.0 Å². The van der Waals surface area contributed by atoms with E-state index in [1.165, 1.54) is 19.2 Å². The highest BCUT2D eigenvalue weighted by Crippen LogP contribution is 2.25. The Morgan fingerprint density at radius 1 is 1.50 bits per heavy atom. The Balaban J connectivity index is 2.94. The van der Waals surface area contributed by atoms with Gasteiger partial charge in [-0.2, -0.15) is 0 Å². The van der Waals surface area contributed by atoms with Crippen molar-refractivity contribution in [1.82, 2.24) is 4.98 Å². The van der Waals surface area contributed by atoms with Crippen LogP contribution in [0.5, 0.6) is 5.88 Å². The summed E-state index contributed by atoms with van der Waals surface area (Å²) in [5.41, 5.74) is -0.280. The normalized spacial score (nSPS) is 11.8. The van der Waals surface area contributed by atoms with E-state index in [1.54, 1.807) is 0 Å². The minimum Gasteiger partial charge on any atom is -0.473 e. The van der Waals surface area contributed by atoms with Gasteiger partial charge in [0, 0.05) is 6.07 Å². The van der Waals surface area contributed by atoms with Gasteiger partial charge < -0.3 is 9.47 Å². The standard InChI is InChI=1S/C13H18N2O5/c1-4-5-9(2)8-20-12-11(15(17)18)7-6-10(14-12)13(16)19-3/h6-7,9H,4-5,8H2,1-3H3. The van der Waals surface area contributed by atoms with Crippen LogP contribution in [0.1, 0.15) is 37.2 Å². The topological polar surface area (TPSA) is 91.6 Å². The molecule has 0 fully saturated rings. The molecule has 0 spiro atoms. The lowest BCUT2D eigenvalue weighted by Gasteiger charge is -2.11. The molecule has 1 heterocycles. The van der Waals surface area contributed by atoms with Gasteiger partial charge in [0.15, 0.2) is 5.69 Å². The molecule has 0 aromatic carbocycles. The van der Waals surface area contributed by atoms with Crippen LogP contribution < -0.4 is 4.74 Å². The number of hydrogen-bond acceptors (Lipinski definition) is 6. The summed E-state index contributed by atoms with van der Waals surface area (Å²) in [5, 5.41) is 10.9. The maximum Gasteiger partial charge on any atom is 0.356 e. The van der Waals surface area contributed by atoms with Crippen LogP contribution in [-0.4, -0.2) is 29.6 Å². The number of rotatable bonds is 7. The molecule has 7 heteroatoms. The first-order valence-corrected chi connectivity index (χ1v) is 6.36. The van der Waals surface area contributed by atoms with Crippen molar-refractivity contribution in [3.8, 4) is 5.88 Å². The fraction of sp³-hybridized carbons (Fsp3) is 0.538. The van der Waals surface area contributed by atoms with Crippen molar-refractivity contribution in [3.05, 3.63) is 27.9 Å². The molecule has 0 aliphatic carbocycles. The summed E-state index contributed by atoms with van der Waals surface area (Å²) in [4.78, 5) is 25.6. The number of methoxy groups -OCH3 is 1. The lowest BCUT2D eigenvalue weighted by molar-refractivity contribution is -0.386. The average molecular weight is 282 g/mol. The van der Waals surface area contributed by atoms with Gasteiger partial charge in [0.25, 0.3) is 5.88 Å². The van der Waals surface area contributed by atoms with Gasteiger partial charge >= 0.3 is 11.7 Å². The van der Waals surface area contributed by atoms with Crippen molar-refractivity contribution in [1.29, 1.82) is 0 Å². The summed E-state index contributed by atoms with van der Waals surface area (Å²) in [6.45, 7) is 4.35. The predicted molar refractivity (Wildman–Crippen MR) is 71.8 cm³/mol. The molecule has 20 heavy (non-hydrogen) atoms. The minimum atomic E-state index is -0.661. The Bertz CT molecular complexity index is 490. The number of nitro groups is 1. The molecular weight excluding hydrogens is 264 g/mol. The van der Waals surface area contributed by atoms with E-state index in [0.29, 0.717) is 6.61 Å². The zero-order chi connectivity index (χ0) is 15.1. The summed E-state index contributed by atoms with van der Waals surface area (Å²) in [5.74, 6) is -0.560. The first-order valence-electron chi connectivity index (χ1n) is 6.36. The zero-order valence-corrected chi connectivity index (χ0v) is 11.8. The molecule has 0 N–H and O–H groups in total. The van der Waals surface area contributed by atoms with Crippen molar-refractivity contribution in [3.63, 3.8) is 0 Å². The first kappa shape index (κ1) is 15.9. The van der Waals surface area contributed by atoms with Crippen LogP contribution in [0.25, 0.3) is 0 Å². The van der Waals surface area contributed by atoms with E-state index in [-0.39, 0.29) is 23.2 Å². The van der Waals surface area contributed by atoms with E-state index in [4.69, 9.17) is 4.74 Å². The largest absolute Gasteiger partial charge is 0.473 e. The molecule has 0 aliphatic rings. The second-order valence-corrected chi connectivity index (χ2v) is 4.47. The maximum atomic E-state index is 11.4. The molecule has 0 radical (unpaired) electrons. The van der Waals surface area contributed by atoms with E-state index in [1.807, 2.05) is 6.92 Å². The van der Waals surface area contributed by atoms with Crippen molar-refractivity contribution in [2.75, 3.05) is 13.7 Å². The Morgan fingerprint density at radius 2 is 2.20 bits per heavy atom. The van der Waals surface area contributed by atoms with Gasteiger partial charge in [-0.15, -0.1) is 0 Å². The molecule has 7 nitrogen and oxygen atoms in total. The molecule has 0 amide bonds. The van der Waals surface area contributed by atoms with E-state index < -0.39 is 10.9 Å². The number of carbonyl (C=O) groups excluding carboxylic acids is 1. The Labute approximate surface area is 117 Å². The van der Waals surface area contributed by atoms with Crippen LogP contribution in [0.15, 0.2) is 12.1 Å². The maximum absolute atomic E-state index is 11.4. The van der Waals surface area contributed by atoms with Gasteiger partial charge in [-0.3, -0.25) is 10.1 Å². The van der Waals surface area contributed by atoms with Crippen LogP contribution in [0.4, 0.5) is 5.69 Å². The van der Waals surface area contributed by atoms with E-state index >= 15 is 0 Å². The molecule has 1 atom stereocenters. The Kier molecular flexibility index (Phi) is 5.89. The lowest BCUT2D eigenvalue weighted by atomic mass is 10.1. The van der Waals surface area contributed by atoms with Gasteiger partial charge in [0.05, 0.1) is 18.6 Å². The number of nitrogens with zero attached hydrogens (tertiary/aromatic N) is 2. The number of hydrogen-bond donors (Lipinski definition) is 0. The minimum absolute atomic E-state index is 0.0174. The molecule has 110 valence electrons. The molecule has 1 unspecified atom stereocenters. The van der Waals surface area contributed by atoms with E-state index in [2.05, 4.69) is 16.6 Å². The third kappa shape index (κ3) is 4.18. The van der Waals surface area contributed by atoms with Gasteiger partial charge in [-0.05, 0) is 18.4 Å². The number of aromatic nitrogens is 1. The molecule has 0 bridgehead atoms. The van der Waals surface area contributed by atoms with Crippen LogP contribution >= 0.6 is 0 Å². The highest BCUT2D eigenvalue weighted by atomic mass is 16.6. The molecule has 1 aromatic rings. The second kappa shape index (κ2) is 7.42. The molecular formula is C13H18N2O5. The average Bonchev–Trinajstić information content (AvgIpc) is 2.44. The molecule has 0 saturated heterocycles. The summed E-state index contributed by atoms with van der Waals surface area (Å²) in [6, 6.07) is 2.44. The van der Waals surface area contributed by atoms with Crippen LogP contribution in [0.2, 0.25) is 0 Å². The number of carbonyl (C=O) groups is 1. The Morgan fingerprint density at radius 3 is 2.75 bits per heavy atom. The fourth-order valence-electron chi connectivity index (χ4n) is 1.69. The van der Waals surface area contributed by atoms with Crippen molar-refractivity contribution < 1.29 is 19.2 Å². The van der Waals surface area contributed by atoms with Gasteiger partial charge in [0.2, 0.25) is 0 Å². The number of esters is 1. The zero-order valence-electron chi connectivity index (χ0n) is 11.8. The van der Waals surface area contributed by atoms with E-state index in [9.17, 15) is 14.9 Å². The molecule has 0 saturated carbocycles. The molecule has 0 aliphatic heterocycles. The number of pyridine rings is 1. The number of ether oxygens (including phenoxy) is 2. The van der Waals surface area contributed by atoms with Crippen molar-refractivity contribution in [2.45, 2.75) is 26.7 Å². The smallest absolute Gasteiger partial charge is 0.356 e. The van der Waals surface area contributed by atoms with Gasteiger partial charge in [-0.25, -0.2) is 9.78 Å². The molecule has 1 rings (SSSR count). The molecule has 1 aromatic heterocycles. The van der Waals surface area contributed by atoms with Gasteiger partial charge in [-0.1, -0.05) is 20.3 Å². The Hall–Kier alpha value is -2.18. The lowest BCUT2D eigenvalue weighted by Crippen LogP contribution is -2.12. The van der Waals surface area contributed by atoms with Crippen LogP contribution in [0.3, 0.4) is 0 Å². The summed E-state index contributed by atoms with van der Waals surface area (Å²) in [6.07, 6.45) is 1.95. The van der Waals surface area contributed by atoms with Crippen molar-refractivity contribution in [2.24, 2.45) is 5.92 Å². The highest BCUT2D eigenvalue weighted by molar-refractivity contribution is 5.87. The third-order valence-electron chi connectivity index (χ3n) is 2.72. The monoisotopic (exact) mass is 282 g/mol. The summed E-state index contributed by atoms with van der Waals surface area (Å²) >= 11 is 0. The third-order valence-corrected chi connectivity index (χ3v) is 2.72. The van der Waals surface area contributed by atoms with Gasteiger partial charge in [0.1, 0.15) is 0 Å². The highest BCUT2D eigenvalue weighted by Gasteiger charge is 2.21. The SMILES string of the molecule is CCCC(C)COc1nc(C(=O)OC)ccc1[N+](=O)[O-]. The van der Waals surface area contributed by atoms with Crippen molar-refractivity contribution >= 4 is 11.7 Å². The fourth-order valence-corrected chi connectivity index (χ4v) is 1.69. The quantitative estimate of drug-likeness (QED) is 0.433. The second-order valence-electron chi connectivity index (χ2n) is 4.47. The first-order chi connectivity index (χ1) is 9.49. The van der Waals surface area contributed by atoms with Crippen LogP contribution in [-0.2, 0) is 4.74 Å².